The van der Waals surface area contributed by atoms with Crippen molar-refractivity contribution in [1.29, 1.82) is 0 Å². The number of para-hydroxylation sites is 1. The third-order valence-electron chi connectivity index (χ3n) is 2.53. The molecule has 3 heteroatoms. The van der Waals surface area contributed by atoms with Crippen molar-refractivity contribution in [3.63, 3.8) is 0 Å². The van der Waals surface area contributed by atoms with Crippen LogP contribution in [0.15, 0.2) is 36.5 Å². The van der Waals surface area contributed by atoms with E-state index < -0.39 is 0 Å². The Bertz CT molecular complexity index is 540. The molecule has 0 atom stereocenters. The number of hydrogen-bond acceptors (Lipinski definition) is 2. The van der Waals surface area contributed by atoms with Gasteiger partial charge in [0.15, 0.2) is 0 Å². The van der Waals surface area contributed by atoms with E-state index in [0.29, 0.717) is 16.9 Å². The van der Waals surface area contributed by atoms with Crippen molar-refractivity contribution in [2.45, 2.75) is 0 Å². The maximum atomic E-state index is 11.8. The molecular weight excluding hydrogens is 176 g/mol. The molecule has 0 radical (unpaired) electrons. The number of fused-ring (bicyclic) bond motifs is 3. The Morgan fingerprint density at radius 1 is 1.14 bits per heavy atom. The molecule has 3 nitrogen and oxygen atoms in total. The lowest BCUT2D eigenvalue weighted by atomic mass is 10.1. The van der Waals surface area contributed by atoms with E-state index in [0.717, 1.165) is 5.69 Å². The van der Waals surface area contributed by atoms with Gasteiger partial charge in [-0.15, -0.1) is 0 Å². The molecule has 0 fully saturated rings. The van der Waals surface area contributed by atoms with Gasteiger partial charge in [0.05, 0.1) is 22.6 Å². The monoisotopic (exact) mass is 184 g/mol. The van der Waals surface area contributed by atoms with E-state index in [4.69, 9.17) is 5.73 Å². The van der Waals surface area contributed by atoms with Gasteiger partial charge >= 0.3 is 0 Å². The second-order valence-electron chi connectivity index (χ2n) is 3.34. The van der Waals surface area contributed by atoms with Gasteiger partial charge in [0, 0.05) is 6.20 Å². The van der Waals surface area contributed by atoms with Crippen LogP contribution in [0.2, 0.25) is 0 Å². The van der Waals surface area contributed by atoms with E-state index in [-0.39, 0.29) is 5.78 Å². The van der Waals surface area contributed by atoms with Crippen molar-refractivity contribution >= 4 is 11.5 Å². The van der Waals surface area contributed by atoms with Crippen LogP contribution in [0.1, 0.15) is 16.1 Å². The minimum absolute atomic E-state index is 0.0531. The highest BCUT2D eigenvalue weighted by molar-refractivity contribution is 6.15. The summed E-state index contributed by atoms with van der Waals surface area (Å²) in [5.74, 6) is 0.0531. The van der Waals surface area contributed by atoms with Gasteiger partial charge in [0.25, 0.3) is 0 Å². The van der Waals surface area contributed by atoms with Crippen molar-refractivity contribution in [2.75, 3.05) is 5.73 Å². The summed E-state index contributed by atoms with van der Waals surface area (Å²) in [5, 5.41) is 0. The van der Waals surface area contributed by atoms with Gasteiger partial charge in [-0.1, -0.05) is 6.07 Å². The number of rotatable bonds is 0. The van der Waals surface area contributed by atoms with E-state index in [1.165, 1.54) is 0 Å². The lowest BCUT2D eigenvalue weighted by Crippen LogP contribution is -1.96. The van der Waals surface area contributed by atoms with Crippen LogP contribution in [0.3, 0.4) is 0 Å². The molecule has 0 saturated heterocycles. The fraction of sp³-hybridized carbons (Fsp3) is 0. The molecule has 1 aliphatic rings. The van der Waals surface area contributed by atoms with E-state index in [2.05, 4.69) is 0 Å². The molecular formula is C11H8N2O. The Hall–Kier alpha value is -2.03. The van der Waals surface area contributed by atoms with Gasteiger partial charge in [-0.2, -0.15) is 0 Å². The summed E-state index contributed by atoms with van der Waals surface area (Å²) in [6.45, 7) is 0. The zero-order chi connectivity index (χ0) is 9.71. The van der Waals surface area contributed by atoms with Crippen LogP contribution in [0.25, 0.3) is 5.69 Å². The van der Waals surface area contributed by atoms with Gasteiger partial charge in [0.1, 0.15) is 0 Å². The molecule has 0 unspecified atom stereocenters. The molecule has 0 bridgehead atoms. The summed E-state index contributed by atoms with van der Waals surface area (Å²) < 4.78 is 1.84. The number of anilines is 1. The summed E-state index contributed by atoms with van der Waals surface area (Å²) >= 11 is 0. The molecule has 0 spiro atoms. The molecule has 1 aliphatic heterocycles. The number of ketones is 1. The number of carbonyl (C=O) groups is 1. The summed E-state index contributed by atoms with van der Waals surface area (Å²) in [7, 11) is 0. The van der Waals surface area contributed by atoms with E-state index in [1.54, 1.807) is 18.2 Å². The van der Waals surface area contributed by atoms with Crippen molar-refractivity contribution in [3.8, 4) is 5.69 Å². The number of nitrogen functional groups attached to an aromatic ring is 1. The van der Waals surface area contributed by atoms with E-state index in [9.17, 15) is 4.79 Å². The van der Waals surface area contributed by atoms with Crippen LogP contribution < -0.4 is 5.73 Å². The Balaban J connectivity index is 2.46. The third kappa shape index (κ3) is 0.695. The fourth-order valence-electron chi connectivity index (χ4n) is 1.91. The number of hydrogen-bond donors (Lipinski definition) is 1. The van der Waals surface area contributed by atoms with Crippen LogP contribution in [0, 0.1) is 0 Å². The lowest BCUT2D eigenvalue weighted by Gasteiger charge is -2.03. The summed E-state index contributed by atoms with van der Waals surface area (Å²) in [6.07, 6.45) is 1.86. The average molecular weight is 184 g/mol. The number of nitrogens with zero attached hydrogens (tertiary/aromatic N) is 1. The first kappa shape index (κ1) is 7.38. The maximum Gasteiger partial charge on any atom is 0.211 e. The summed E-state index contributed by atoms with van der Waals surface area (Å²) in [6, 6.07) is 9.07. The minimum atomic E-state index is 0.0531. The first-order chi connectivity index (χ1) is 6.79. The number of benzene rings is 1. The second kappa shape index (κ2) is 2.26. The number of nitrogens with two attached hydrogens (primary N) is 1. The van der Waals surface area contributed by atoms with Gasteiger partial charge in [-0.3, -0.25) is 4.79 Å². The highest BCUT2D eigenvalue weighted by Gasteiger charge is 2.27. The quantitative estimate of drug-likeness (QED) is 0.539. The Morgan fingerprint density at radius 2 is 2.00 bits per heavy atom. The first-order valence-electron chi connectivity index (χ1n) is 4.40. The molecule has 1 aromatic heterocycles. The smallest absolute Gasteiger partial charge is 0.211 e. The SMILES string of the molecule is Nc1cccc2c1-n1cccc1C2=O. The first-order valence-corrected chi connectivity index (χ1v) is 4.40. The molecule has 1 aromatic carbocycles. The third-order valence-corrected chi connectivity index (χ3v) is 2.53. The normalized spacial score (nSPS) is 12.7. The second-order valence-corrected chi connectivity index (χ2v) is 3.34. The zero-order valence-electron chi connectivity index (χ0n) is 7.40. The van der Waals surface area contributed by atoms with Crippen molar-refractivity contribution in [3.05, 3.63) is 47.8 Å². The van der Waals surface area contributed by atoms with Crippen molar-refractivity contribution in [2.24, 2.45) is 0 Å². The fourth-order valence-corrected chi connectivity index (χ4v) is 1.91. The summed E-state index contributed by atoms with van der Waals surface area (Å²) in [5.41, 5.74) is 8.68. The maximum absolute atomic E-state index is 11.8. The van der Waals surface area contributed by atoms with E-state index in [1.807, 2.05) is 22.9 Å². The largest absolute Gasteiger partial charge is 0.397 e. The van der Waals surface area contributed by atoms with Gasteiger partial charge < -0.3 is 10.3 Å². The molecule has 0 aliphatic carbocycles. The predicted octanol–water partition coefficient (Wildman–Crippen LogP) is 1.60. The molecule has 3 rings (SSSR count). The Morgan fingerprint density at radius 3 is 2.86 bits per heavy atom. The van der Waals surface area contributed by atoms with Crippen LogP contribution >= 0.6 is 0 Å². The highest BCUT2D eigenvalue weighted by Crippen LogP contribution is 2.31. The number of carbonyl (C=O) groups excluding carboxylic acids is 1. The summed E-state index contributed by atoms with van der Waals surface area (Å²) in [4.78, 5) is 11.8. The average Bonchev–Trinajstić information content (AvgIpc) is 2.72. The predicted molar refractivity (Wildman–Crippen MR) is 53.6 cm³/mol. The highest BCUT2D eigenvalue weighted by atomic mass is 16.1. The Labute approximate surface area is 80.8 Å². The lowest BCUT2D eigenvalue weighted by molar-refractivity contribution is 0.104. The topological polar surface area (TPSA) is 48.0 Å². The van der Waals surface area contributed by atoms with Crippen LogP contribution in [-0.4, -0.2) is 10.4 Å². The molecule has 0 saturated carbocycles. The molecule has 0 amide bonds. The van der Waals surface area contributed by atoms with E-state index >= 15 is 0 Å². The molecule has 2 aromatic rings. The Kier molecular flexibility index (Phi) is 1.19. The molecule has 2 N–H and O–H groups in total. The van der Waals surface area contributed by atoms with Crippen molar-refractivity contribution in [1.82, 2.24) is 4.57 Å². The minimum Gasteiger partial charge on any atom is -0.397 e. The molecule has 14 heavy (non-hydrogen) atoms. The number of aromatic nitrogens is 1. The molecule has 2 heterocycles. The molecule has 68 valence electrons. The standard InChI is InChI=1S/C11H8N2O/c12-8-4-1-3-7-10(8)13-6-2-5-9(13)11(7)14/h1-6H,12H2. The van der Waals surface area contributed by atoms with Gasteiger partial charge in [0.2, 0.25) is 5.78 Å². The van der Waals surface area contributed by atoms with Crippen LogP contribution in [0.5, 0.6) is 0 Å². The van der Waals surface area contributed by atoms with Crippen molar-refractivity contribution < 1.29 is 4.79 Å². The zero-order valence-corrected chi connectivity index (χ0v) is 7.40. The van der Waals surface area contributed by atoms with Gasteiger partial charge in [-0.25, -0.2) is 0 Å². The van der Waals surface area contributed by atoms with Gasteiger partial charge in [-0.05, 0) is 24.3 Å². The van der Waals surface area contributed by atoms with Crippen LogP contribution in [0.4, 0.5) is 5.69 Å². The van der Waals surface area contributed by atoms with Crippen LogP contribution in [-0.2, 0) is 0 Å².